The highest BCUT2D eigenvalue weighted by atomic mass is 31.0. The number of benzene rings is 1. The summed E-state index contributed by atoms with van der Waals surface area (Å²) in [5, 5.41) is 0.821. The molecule has 2 rings (SSSR count). The number of hydrogen-bond donors (Lipinski definition) is 0. The Balaban J connectivity index is 2.56. The third kappa shape index (κ3) is 5.82. The topological polar surface area (TPSA) is 15.6 Å². The van der Waals surface area contributed by atoms with Crippen molar-refractivity contribution in [3.63, 3.8) is 0 Å². The van der Waals surface area contributed by atoms with Gasteiger partial charge < -0.3 is 4.90 Å². The third-order valence-corrected chi connectivity index (χ3v) is 5.23. The van der Waals surface area contributed by atoms with Gasteiger partial charge in [0, 0.05) is 30.4 Å². The van der Waals surface area contributed by atoms with Crippen molar-refractivity contribution in [3.8, 4) is 0 Å². The van der Waals surface area contributed by atoms with Gasteiger partial charge in [-0.3, -0.25) is 4.99 Å². The molecule has 0 aromatic heterocycles. The molecule has 1 aliphatic rings. The van der Waals surface area contributed by atoms with Gasteiger partial charge in [-0.05, 0) is 48.9 Å². The van der Waals surface area contributed by atoms with Gasteiger partial charge >= 0.3 is 6.18 Å². The maximum absolute atomic E-state index is 14.3. The predicted octanol–water partition coefficient (Wildman–Crippen LogP) is 6.31. The van der Waals surface area contributed by atoms with Crippen LogP contribution in [0.5, 0.6) is 0 Å². The molecular formula is C24H28F3N2P. The molecule has 0 saturated carbocycles. The molecule has 0 aliphatic carbocycles. The predicted molar refractivity (Wildman–Crippen MR) is 126 cm³/mol. The summed E-state index contributed by atoms with van der Waals surface area (Å²) in [5.74, 6) is 0. The van der Waals surface area contributed by atoms with E-state index in [-0.39, 0.29) is 12.1 Å². The molecule has 0 fully saturated rings. The molecule has 1 heterocycles. The van der Waals surface area contributed by atoms with Gasteiger partial charge in [-0.1, -0.05) is 42.5 Å². The van der Waals surface area contributed by atoms with E-state index in [2.05, 4.69) is 20.8 Å². The summed E-state index contributed by atoms with van der Waals surface area (Å²) in [4.78, 5) is 5.73. The standard InChI is InChI=1S/C24H28F3N2P/c1-5-7-8-9-14-22-17(3)21(16-28-22)20(11-6-2)23(24(25,26)27)29(4)18-12-10-13-19(30)15-18/h5-6,8-13,15H,1,7,14,16,30H2,2-4H3/b9-8?,11-6-,23-20+. The van der Waals surface area contributed by atoms with E-state index in [1.54, 1.807) is 37.3 Å². The van der Waals surface area contributed by atoms with E-state index in [0.29, 0.717) is 17.7 Å². The first-order valence-electron chi connectivity index (χ1n) is 9.73. The highest BCUT2D eigenvalue weighted by molar-refractivity contribution is 7.27. The SMILES string of the molecule is C=CCC=CCC1=NCC(C(/C=C\C)=C(/N(C)c2cccc(P)c2)C(F)(F)F)=C1C. The Morgan fingerprint density at radius 3 is 2.63 bits per heavy atom. The van der Waals surface area contributed by atoms with E-state index in [1.807, 2.05) is 25.1 Å². The molecule has 0 amide bonds. The van der Waals surface area contributed by atoms with E-state index in [0.717, 1.165) is 23.0 Å². The summed E-state index contributed by atoms with van der Waals surface area (Å²) in [6, 6.07) is 6.96. The smallest absolute Gasteiger partial charge is 0.340 e. The van der Waals surface area contributed by atoms with Gasteiger partial charge in [0.1, 0.15) is 5.70 Å². The van der Waals surface area contributed by atoms with Crippen molar-refractivity contribution < 1.29 is 13.2 Å². The largest absolute Gasteiger partial charge is 0.432 e. The Kier molecular flexibility index (Phi) is 8.43. The zero-order valence-corrected chi connectivity index (χ0v) is 18.8. The van der Waals surface area contributed by atoms with Crippen LogP contribution < -0.4 is 10.2 Å². The number of hydrogen-bond acceptors (Lipinski definition) is 2. The lowest BCUT2D eigenvalue weighted by atomic mass is 9.96. The molecule has 2 nitrogen and oxygen atoms in total. The molecule has 0 bridgehead atoms. The van der Waals surface area contributed by atoms with Crippen LogP contribution in [0.25, 0.3) is 0 Å². The number of alkyl halides is 3. The molecule has 1 aromatic carbocycles. The second-order valence-electron chi connectivity index (χ2n) is 6.98. The Morgan fingerprint density at radius 2 is 2.03 bits per heavy atom. The van der Waals surface area contributed by atoms with E-state index in [9.17, 15) is 13.2 Å². The quantitative estimate of drug-likeness (QED) is 0.267. The number of anilines is 1. The van der Waals surface area contributed by atoms with Gasteiger partial charge in [0.2, 0.25) is 0 Å². The molecule has 0 radical (unpaired) electrons. The van der Waals surface area contributed by atoms with Gasteiger partial charge in [-0.2, -0.15) is 13.2 Å². The van der Waals surface area contributed by atoms with Crippen molar-refractivity contribution in [2.75, 3.05) is 18.5 Å². The van der Waals surface area contributed by atoms with Crippen LogP contribution in [-0.2, 0) is 0 Å². The van der Waals surface area contributed by atoms with E-state index < -0.39 is 11.9 Å². The third-order valence-electron chi connectivity index (χ3n) is 4.87. The molecule has 30 heavy (non-hydrogen) atoms. The maximum atomic E-state index is 14.3. The Morgan fingerprint density at radius 1 is 1.30 bits per heavy atom. The molecule has 0 saturated heterocycles. The molecule has 1 unspecified atom stereocenters. The lowest BCUT2D eigenvalue weighted by Gasteiger charge is -2.28. The first-order valence-corrected chi connectivity index (χ1v) is 10.3. The summed E-state index contributed by atoms with van der Waals surface area (Å²) in [6.45, 7) is 7.49. The Bertz CT molecular complexity index is 934. The fourth-order valence-electron chi connectivity index (χ4n) is 3.35. The lowest BCUT2D eigenvalue weighted by Crippen LogP contribution is -2.31. The van der Waals surface area contributed by atoms with E-state index in [4.69, 9.17) is 0 Å². The van der Waals surface area contributed by atoms with Crippen molar-refractivity contribution in [1.82, 2.24) is 0 Å². The molecule has 0 N–H and O–H groups in total. The number of halogens is 3. The first-order chi connectivity index (χ1) is 14.2. The second-order valence-corrected chi connectivity index (χ2v) is 7.65. The summed E-state index contributed by atoms with van der Waals surface area (Å²) < 4.78 is 42.8. The zero-order valence-electron chi connectivity index (χ0n) is 17.6. The fraction of sp³-hybridized carbons (Fsp3) is 0.292. The molecule has 1 aliphatic heterocycles. The minimum atomic E-state index is -4.53. The van der Waals surface area contributed by atoms with Gasteiger partial charge in [0.05, 0.1) is 6.54 Å². The minimum Gasteiger partial charge on any atom is -0.340 e. The Hall–Kier alpha value is -2.39. The van der Waals surface area contributed by atoms with Gasteiger partial charge in [0.25, 0.3) is 0 Å². The fourth-order valence-corrected chi connectivity index (χ4v) is 3.64. The number of aliphatic imine (C=N–C) groups is 1. The summed E-state index contributed by atoms with van der Waals surface area (Å²) in [5.41, 5.74) is 2.19. The molecule has 6 heteroatoms. The molecular weight excluding hydrogens is 404 g/mol. The van der Waals surface area contributed by atoms with Crippen LogP contribution in [0.3, 0.4) is 0 Å². The van der Waals surface area contributed by atoms with Crippen LogP contribution >= 0.6 is 9.24 Å². The highest BCUT2D eigenvalue weighted by Crippen LogP contribution is 2.38. The maximum Gasteiger partial charge on any atom is 0.432 e. The van der Waals surface area contributed by atoms with Crippen LogP contribution in [-0.4, -0.2) is 25.5 Å². The monoisotopic (exact) mass is 432 g/mol. The van der Waals surface area contributed by atoms with E-state index in [1.165, 1.54) is 18.0 Å². The molecule has 0 spiro atoms. The number of rotatable bonds is 8. The summed E-state index contributed by atoms with van der Waals surface area (Å²) >= 11 is 0. The second kappa shape index (κ2) is 10.6. The van der Waals surface area contributed by atoms with Crippen LogP contribution in [0, 0.1) is 0 Å². The van der Waals surface area contributed by atoms with Crippen molar-refractivity contribution in [2.45, 2.75) is 32.9 Å². The van der Waals surface area contributed by atoms with Crippen LogP contribution in [0.4, 0.5) is 18.9 Å². The van der Waals surface area contributed by atoms with Crippen LogP contribution in [0.15, 0.2) is 88.6 Å². The van der Waals surface area contributed by atoms with Crippen LogP contribution in [0.2, 0.25) is 0 Å². The zero-order chi connectivity index (χ0) is 22.3. The van der Waals surface area contributed by atoms with Crippen molar-refractivity contribution in [1.29, 1.82) is 0 Å². The summed E-state index contributed by atoms with van der Waals surface area (Å²) in [6.07, 6.45) is 5.76. The molecule has 1 atom stereocenters. The van der Waals surface area contributed by atoms with Gasteiger partial charge in [0.15, 0.2) is 0 Å². The number of allylic oxidation sites excluding steroid dienone is 7. The van der Waals surface area contributed by atoms with Crippen molar-refractivity contribution in [2.24, 2.45) is 4.99 Å². The molecule has 160 valence electrons. The average molecular weight is 432 g/mol. The van der Waals surface area contributed by atoms with Crippen molar-refractivity contribution >= 4 is 25.9 Å². The normalized spacial score (nSPS) is 15.8. The van der Waals surface area contributed by atoms with E-state index >= 15 is 0 Å². The van der Waals surface area contributed by atoms with Crippen LogP contribution in [0.1, 0.15) is 26.7 Å². The minimum absolute atomic E-state index is 0.160. The highest BCUT2D eigenvalue weighted by Gasteiger charge is 2.40. The van der Waals surface area contributed by atoms with Gasteiger partial charge in [-0.15, -0.1) is 15.8 Å². The van der Waals surface area contributed by atoms with Gasteiger partial charge in [-0.25, -0.2) is 0 Å². The first kappa shape index (κ1) is 23.9. The summed E-state index contributed by atoms with van der Waals surface area (Å²) in [7, 11) is 3.98. The lowest BCUT2D eigenvalue weighted by molar-refractivity contribution is -0.0934. The Labute approximate surface area is 179 Å². The average Bonchev–Trinajstić information content (AvgIpc) is 3.04. The van der Waals surface area contributed by atoms with Crippen molar-refractivity contribution in [3.05, 3.63) is 83.6 Å². The molecule has 1 aromatic rings. The number of nitrogens with zero attached hydrogens (tertiary/aromatic N) is 2.